The van der Waals surface area contributed by atoms with E-state index in [1.54, 1.807) is 4.90 Å². The molecule has 6 heteroatoms. The fourth-order valence-corrected chi connectivity index (χ4v) is 2.25. The lowest BCUT2D eigenvalue weighted by molar-refractivity contribution is -0.386. The lowest BCUT2D eigenvalue weighted by Gasteiger charge is -2.31. The molecule has 0 aliphatic carbocycles. The normalized spacial score (nSPS) is 10.8. The molecule has 0 aliphatic heterocycles. The van der Waals surface area contributed by atoms with Gasteiger partial charge in [-0.15, -0.1) is 0 Å². The molecule has 1 N–H and O–H groups in total. The fourth-order valence-electron chi connectivity index (χ4n) is 2.25. The molecule has 0 heterocycles. The Hall–Kier alpha value is -1.69. The molecule has 0 unspecified atom stereocenters. The van der Waals surface area contributed by atoms with Gasteiger partial charge in [0.2, 0.25) is 5.82 Å². The van der Waals surface area contributed by atoms with E-state index in [1.165, 1.54) is 12.1 Å². The Kier molecular flexibility index (Phi) is 5.69. The van der Waals surface area contributed by atoms with Crippen LogP contribution in [0.15, 0.2) is 18.2 Å². The third-order valence-corrected chi connectivity index (χ3v) is 3.18. The first kappa shape index (κ1) is 15.4. The number of halogens is 1. The smallest absolute Gasteiger partial charge is 0.327 e. The monoisotopic (exact) mass is 270 g/mol. The van der Waals surface area contributed by atoms with Crippen molar-refractivity contribution in [1.29, 1.82) is 0 Å². The van der Waals surface area contributed by atoms with Gasteiger partial charge < -0.3 is 10.0 Å². The molecule has 0 bridgehead atoms. The first-order valence-corrected chi connectivity index (χ1v) is 6.37. The van der Waals surface area contributed by atoms with Crippen molar-refractivity contribution < 1.29 is 14.4 Å². The van der Waals surface area contributed by atoms with Gasteiger partial charge in [-0.2, -0.15) is 4.39 Å². The van der Waals surface area contributed by atoms with Crippen molar-refractivity contribution >= 4 is 11.4 Å². The van der Waals surface area contributed by atoms with Crippen LogP contribution in [0.4, 0.5) is 15.8 Å². The van der Waals surface area contributed by atoms with Crippen LogP contribution in [0.1, 0.15) is 26.7 Å². The summed E-state index contributed by atoms with van der Waals surface area (Å²) in [5.74, 6) is -0.851. The van der Waals surface area contributed by atoms with Crippen molar-refractivity contribution in [3.8, 4) is 0 Å². The lowest BCUT2D eigenvalue weighted by Crippen LogP contribution is -2.37. The standard InChI is InChI=1S/C13H19FN2O3/c1-3-10(4-2)15(8-9-17)12-7-5-6-11(14)13(12)16(18)19/h5-7,10,17H,3-4,8-9H2,1-2H3. The molecule has 106 valence electrons. The van der Waals surface area contributed by atoms with Crippen molar-refractivity contribution in [1.82, 2.24) is 0 Å². The maximum Gasteiger partial charge on any atom is 0.327 e. The number of rotatable bonds is 7. The van der Waals surface area contributed by atoms with Crippen LogP contribution in [-0.4, -0.2) is 29.2 Å². The molecule has 1 aromatic carbocycles. The highest BCUT2D eigenvalue weighted by molar-refractivity contribution is 5.64. The van der Waals surface area contributed by atoms with Gasteiger partial charge in [0.05, 0.1) is 11.5 Å². The summed E-state index contributed by atoms with van der Waals surface area (Å²) in [6.45, 7) is 4.04. The van der Waals surface area contributed by atoms with E-state index in [4.69, 9.17) is 5.11 Å². The lowest BCUT2D eigenvalue weighted by atomic mass is 10.1. The van der Waals surface area contributed by atoms with Gasteiger partial charge in [-0.25, -0.2) is 0 Å². The van der Waals surface area contributed by atoms with Crippen LogP contribution in [0.3, 0.4) is 0 Å². The molecule has 0 fully saturated rings. The number of anilines is 1. The summed E-state index contributed by atoms with van der Waals surface area (Å²) >= 11 is 0. The summed E-state index contributed by atoms with van der Waals surface area (Å²) in [5.41, 5.74) is -0.296. The molecule has 19 heavy (non-hydrogen) atoms. The van der Waals surface area contributed by atoms with Gasteiger partial charge >= 0.3 is 5.69 Å². The third-order valence-electron chi connectivity index (χ3n) is 3.18. The fraction of sp³-hybridized carbons (Fsp3) is 0.538. The number of aliphatic hydroxyl groups is 1. The first-order valence-electron chi connectivity index (χ1n) is 6.37. The SMILES string of the molecule is CCC(CC)N(CCO)c1cccc(F)c1[N+](=O)[O-]. The second-order valence-electron chi connectivity index (χ2n) is 4.25. The molecule has 0 radical (unpaired) electrons. The summed E-state index contributed by atoms with van der Waals surface area (Å²) in [7, 11) is 0. The number of benzene rings is 1. The predicted octanol–water partition coefficient (Wildman–Crippen LogP) is 2.72. The van der Waals surface area contributed by atoms with Gasteiger partial charge in [0.25, 0.3) is 0 Å². The third kappa shape index (κ3) is 3.41. The van der Waals surface area contributed by atoms with Crippen molar-refractivity contribution in [3.05, 3.63) is 34.1 Å². The molecule has 1 aromatic rings. The number of nitro groups is 1. The molecule has 0 spiro atoms. The van der Waals surface area contributed by atoms with Crippen LogP contribution in [0.25, 0.3) is 0 Å². The molecule has 0 atom stereocenters. The largest absolute Gasteiger partial charge is 0.395 e. The summed E-state index contributed by atoms with van der Waals surface area (Å²) in [5, 5.41) is 20.2. The van der Waals surface area contributed by atoms with Gasteiger partial charge in [0, 0.05) is 12.6 Å². The topological polar surface area (TPSA) is 66.6 Å². The van der Waals surface area contributed by atoms with Crippen molar-refractivity contribution in [2.75, 3.05) is 18.1 Å². The molecule has 1 rings (SSSR count). The Labute approximate surface area is 111 Å². The number of para-hydroxylation sites is 1. The van der Waals surface area contributed by atoms with E-state index in [2.05, 4.69) is 0 Å². The Morgan fingerprint density at radius 3 is 2.53 bits per heavy atom. The van der Waals surface area contributed by atoms with Gasteiger partial charge in [-0.3, -0.25) is 10.1 Å². The molecule has 0 aromatic heterocycles. The Bertz CT molecular complexity index is 436. The highest BCUT2D eigenvalue weighted by Gasteiger charge is 2.26. The van der Waals surface area contributed by atoms with Gasteiger partial charge in [0.15, 0.2) is 0 Å². The van der Waals surface area contributed by atoms with Crippen LogP contribution < -0.4 is 4.90 Å². The minimum atomic E-state index is -0.851. The second kappa shape index (κ2) is 7.04. The Morgan fingerprint density at radius 1 is 1.42 bits per heavy atom. The molecule has 0 aliphatic rings. The van der Waals surface area contributed by atoms with Gasteiger partial charge in [-0.1, -0.05) is 19.9 Å². The summed E-state index contributed by atoms with van der Waals surface area (Å²) in [6.07, 6.45) is 1.54. The van der Waals surface area contributed by atoms with Crippen LogP contribution in [-0.2, 0) is 0 Å². The number of hydrogen-bond acceptors (Lipinski definition) is 4. The van der Waals surface area contributed by atoms with E-state index in [1.807, 2.05) is 13.8 Å². The average molecular weight is 270 g/mol. The quantitative estimate of drug-likeness (QED) is 0.611. The van der Waals surface area contributed by atoms with E-state index >= 15 is 0 Å². The summed E-state index contributed by atoms with van der Waals surface area (Å²) in [6, 6.07) is 4.08. The molecular weight excluding hydrogens is 251 g/mol. The van der Waals surface area contributed by atoms with Crippen molar-refractivity contribution in [2.45, 2.75) is 32.7 Å². The Balaban J connectivity index is 3.29. The minimum Gasteiger partial charge on any atom is -0.395 e. The van der Waals surface area contributed by atoms with E-state index in [-0.39, 0.29) is 24.9 Å². The predicted molar refractivity (Wildman–Crippen MR) is 71.9 cm³/mol. The molecule has 5 nitrogen and oxygen atoms in total. The second-order valence-corrected chi connectivity index (χ2v) is 4.25. The molecule has 0 saturated carbocycles. The zero-order valence-electron chi connectivity index (χ0n) is 11.2. The number of hydrogen-bond donors (Lipinski definition) is 1. The minimum absolute atomic E-state index is 0.0349. The zero-order valence-corrected chi connectivity index (χ0v) is 11.2. The number of aliphatic hydroxyl groups excluding tert-OH is 1. The maximum absolute atomic E-state index is 13.6. The van der Waals surface area contributed by atoms with E-state index in [0.29, 0.717) is 0 Å². The van der Waals surface area contributed by atoms with Crippen LogP contribution in [0.5, 0.6) is 0 Å². The number of nitro benzene ring substituents is 1. The average Bonchev–Trinajstić information content (AvgIpc) is 2.38. The van der Waals surface area contributed by atoms with E-state index < -0.39 is 16.4 Å². The van der Waals surface area contributed by atoms with Crippen LogP contribution in [0.2, 0.25) is 0 Å². The maximum atomic E-state index is 13.6. The molecule has 0 amide bonds. The van der Waals surface area contributed by atoms with Crippen LogP contribution >= 0.6 is 0 Å². The van der Waals surface area contributed by atoms with Gasteiger partial charge in [-0.05, 0) is 25.0 Å². The van der Waals surface area contributed by atoms with E-state index in [9.17, 15) is 14.5 Å². The Morgan fingerprint density at radius 2 is 2.05 bits per heavy atom. The van der Waals surface area contributed by atoms with E-state index in [0.717, 1.165) is 18.9 Å². The summed E-state index contributed by atoms with van der Waals surface area (Å²) < 4.78 is 13.6. The highest BCUT2D eigenvalue weighted by Crippen LogP contribution is 2.32. The van der Waals surface area contributed by atoms with Gasteiger partial charge in [0.1, 0.15) is 5.69 Å². The molecular formula is C13H19FN2O3. The highest BCUT2D eigenvalue weighted by atomic mass is 19.1. The number of nitrogens with zero attached hydrogens (tertiary/aromatic N) is 2. The zero-order chi connectivity index (χ0) is 14.4. The van der Waals surface area contributed by atoms with Crippen LogP contribution in [0, 0.1) is 15.9 Å². The first-order chi connectivity index (χ1) is 9.06. The van der Waals surface area contributed by atoms with Crippen molar-refractivity contribution in [3.63, 3.8) is 0 Å². The summed E-state index contributed by atoms with van der Waals surface area (Å²) in [4.78, 5) is 12.0. The molecule has 0 saturated heterocycles. The van der Waals surface area contributed by atoms with Crippen molar-refractivity contribution in [2.24, 2.45) is 0 Å².